The predicted molar refractivity (Wildman–Crippen MR) is 87.9 cm³/mol. The van der Waals surface area contributed by atoms with E-state index in [9.17, 15) is 4.79 Å². The maximum absolute atomic E-state index is 13.1. The molecule has 1 aliphatic heterocycles. The summed E-state index contributed by atoms with van der Waals surface area (Å²) in [4.78, 5) is 19.1. The van der Waals surface area contributed by atoms with Crippen LogP contribution in [0.1, 0.15) is 34.7 Å². The molecular formula is C18H22N2O4. The first kappa shape index (κ1) is 16.5. The molecule has 1 saturated heterocycles. The number of amides is 1. The van der Waals surface area contributed by atoms with Crippen LogP contribution in [-0.4, -0.2) is 42.2 Å². The molecule has 1 aliphatic rings. The van der Waals surface area contributed by atoms with Crippen molar-refractivity contribution < 1.29 is 18.7 Å². The van der Waals surface area contributed by atoms with Gasteiger partial charge in [0, 0.05) is 18.8 Å². The summed E-state index contributed by atoms with van der Waals surface area (Å²) in [6.07, 6.45) is 3.67. The minimum Gasteiger partial charge on any atom is -0.480 e. The topological polar surface area (TPSA) is 64.8 Å². The van der Waals surface area contributed by atoms with Gasteiger partial charge in [-0.3, -0.25) is 4.79 Å². The highest BCUT2D eigenvalue weighted by molar-refractivity contribution is 5.96. The number of carbonyl (C=O) groups excluding carboxylic acids is 1. The number of carbonyl (C=O) groups is 1. The third-order valence-electron chi connectivity index (χ3n) is 4.09. The van der Waals surface area contributed by atoms with E-state index in [1.807, 2.05) is 25.1 Å². The molecule has 0 N–H and O–H groups in total. The van der Waals surface area contributed by atoms with Crippen LogP contribution >= 0.6 is 0 Å². The van der Waals surface area contributed by atoms with Gasteiger partial charge >= 0.3 is 0 Å². The maximum Gasteiger partial charge on any atom is 0.259 e. The number of hydrogen-bond donors (Lipinski definition) is 0. The van der Waals surface area contributed by atoms with Gasteiger partial charge in [0.2, 0.25) is 5.88 Å². The van der Waals surface area contributed by atoms with Crippen LogP contribution in [0.4, 0.5) is 0 Å². The standard InChI is InChI=1S/C18H22N2O4/c1-13-7-8-16(17(19-13)22-2)18(21)20(11-14-5-3-9-23-14)12-15-6-4-10-24-15/h3,5,7-9,15H,4,6,10-12H2,1-2H3/t15-/m1/s1. The summed E-state index contributed by atoms with van der Waals surface area (Å²) in [7, 11) is 1.52. The van der Waals surface area contributed by atoms with Crippen molar-refractivity contribution in [2.75, 3.05) is 20.3 Å². The van der Waals surface area contributed by atoms with Crippen LogP contribution in [0.15, 0.2) is 34.9 Å². The van der Waals surface area contributed by atoms with E-state index in [-0.39, 0.29) is 12.0 Å². The van der Waals surface area contributed by atoms with Crippen molar-refractivity contribution >= 4 is 5.91 Å². The lowest BCUT2D eigenvalue weighted by Gasteiger charge is -2.25. The van der Waals surface area contributed by atoms with Gasteiger partial charge in [-0.15, -0.1) is 0 Å². The fraction of sp³-hybridized carbons (Fsp3) is 0.444. The number of methoxy groups -OCH3 is 1. The van der Waals surface area contributed by atoms with Crippen LogP contribution in [0, 0.1) is 6.92 Å². The summed E-state index contributed by atoms with van der Waals surface area (Å²) in [5.74, 6) is 0.948. The van der Waals surface area contributed by atoms with Crippen molar-refractivity contribution in [1.29, 1.82) is 0 Å². The van der Waals surface area contributed by atoms with Crippen molar-refractivity contribution in [3.63, 3.8) is 0 Å². The Kier molecular flexibility index (Phi) is 5.15. The normalized spacial score (nSPS) is 17.0. The van der Waals surface area contributed by atoms with Gasteiger partial charge in [0.1, 0.15) is 11.3 Å². The molecule has 24 heavy (non-hydrogen) atoms. The van der Waals surface area contributed by atoms with E-state index in [2.05, 4.69) is 4.98 Å². The second kappa shape index (κ2) is 7.49. The van der Waals surface area contributed by atoms with E-state index in [0.29, 0.717) is 24.5 Å². The molecule has 0 unspecified atom stereocenters. The number of pyridine rings is 1. The predicted octanol–water partition coefficient (Wildman–Crippen LogP) is 2.81. The Bertz CT molecular complexity index is 678. The number of ether oxygens (including phenoxy) is 2. The average Bonchev–Trinajstić information content (AvgIpc) is 3.27. The number of furan rings is 1. The molecule has 0 aromatic carbocycles. The number of hydrogen-bond acceptors (Lipinski definition) is 5. The molecule has 0 spiro atoms. The largest absolute Gasteiger partial charge is 0.480 e. The third-order valence-corrected chi connectivity index (χ3v) is 4.09. The first-order valence-corrected chi connectivity index (χ1v) is 8.12. The minimum atomic E-state index is -0.133. The van der Waals surface area contributed by atoms with Gasteiger partial charge in [-0.1, -0.05) is 0 Å². The van der Waals surface area contributed by atoms with Gasteiger partial charge in [-0.2, -0.15) is 0 Å². The van der Waals surface area contributed by atoms with E-state index in [1.54, 1.807) is 17.2 Å². The Balaban J connectivity index is 1.84. The van der Waals surface area contributed by atoms with Gasteiger partial charge < -0.3 is 18.8 Å². The van der Waals surface area contributed by atoms with Crippen molar-refractivity contribution in [2.24, 2.45) is 0 Å². The molecule has 2 aromatic heterocycles. The van der Waals surface area contributed by atoms with E-state index >= 15 is 0 Å². The zero-order valence-corrected chi connectivity index (χ0v) is 14.0. The summed E-state index contributed by atoms with van der Waals surface area (Å²) in [5.41, 5.74) is 1.26. The Morgan fingerprint density at radius 2 is 2.29 bits per heavy atom. The Morgan fingerprint density at radius 1 is 1.42 bits per heavy atom. The van der Waals surface area contributed by atoms with Gasteiger partial charge in [0.25, 0.3) is 5.91 Å². The molecule has 3 heterocycles. The smallest absolute Gasteiger partial charge is 0.259 e. The molecule has 0 saturated carbocycles. The quantitative estimate of drug-likeness (QED) is 0.815. The highest BCUT2D eigenvalue weighted by atomic mass is 16.5. The lowest BCUT2D eigenvalue weighted by molar-refractivity contribution is 0.0488. The molecular weight excluding hydrogens is 308 g/mol. The highest BCUT2D eigenvalue weighted by Crippen LogP contribution is 2.22. The molecule has 6 heteroatoms. The zero-order chi connectivity index (χ0) is 16.9. The van der Waals surface area contributed by atoms with Gasteiger partial charge in [0.05, 0.1) is 26.0 Å². The highest BCUT2D eigenvalue weighted by Gasteiger charge is 2.26. The van der Waals surface area contributed by atoms with Crippen LogP contribution in [0.3, 0.4) is 0 Å². The van der Waals surface area contributed by atoms with Gasteiger partial charge in [-0.05, 0) is 44.0 Å². The summed E-state index contributed by atoms with van der Waals surface area (Å²) >= 11 is 0. The third kappa shape index (κ3) is 3.76. The summed E-state index contributed by atoms with van der Waals surface area (Å²) in [6.45, 7) is 3.53. The van der Waals surface area contributed by atoms with Crippen LogP contribution in [0.25, 0.3) is 0 Å². The molecule has 1 atom stereocenters. The summed E-state index contributed by atoms with van der Waals surface area (Å²) in [5, 5.41) is 0. The fourth-order valence-electron chi connectivity index (χ4n) is 2.87. The van der Waals surface area contributed by atoms with E-state index in [0.717, 1.165) is 30.9 Å². The van der Waals surface area contributed by atoms with Crippen LogP contribution < -0.4 is 4.74 Å². The first-order chi connectivity index (χ1) is 11.7. The average molecular weight is 330 g/mol. The zero-order valence-electron chi connectivity index (χ0n) is 14.0. The Morgan fingerprint density at radius 3 is 2.96 bits per heavy atom. The van der Waals surface area contributed by atoms with E-state index < -0.39 is 0 Å². The van der Waals surface area contributed by atoms with Gasteiger partial charge in [0.15, 0.2) is 0 Å². The number of aryl methyl sites for hydroxylation is 1. The SMILES string of the molecule is COc1nc(C)ccc1C(=O)N(Cc1ccco1)C[C@H]1CCCO1. The molecule has 1 amide bonds. The number of nitrogens with zero attached hydrogens (tertiary/aromatic N) is 2. The Labute approximate surface area is 141 Å². The minimum absolute atomic E-state index is 0.0633. The number of aromatic nitrogens is 1. The van der Waals surface area contributed by atoms with Crippen molar-refractivity contribution in [3.05, 3.63) is 47.5 Å². The van der Waals surface area contributed by atoms with Crippen LogP contribution in [0.5, 0.6) is 5.88 Å². The molecule has 1 fully saturated rings. The number of rotatable bonds is 6. The maximum atomic E-state index is 13.1. The van der Waals surface area contributed by atoms with E-state index in [1.165, 1.54) is 7.11 Å². The lowest BCUT2D eigenvalue weighted by Crippen LogP contribution is -2.37. The molecule has 6 nitrogen and oxygen atoms in total. The second-order valence-electron chi connectivity index (χ2n) is 5.91. The Hall–Kier alpha value is -2.34. The van der Waals surface area contributed by atoms with Gasteiger partial charge in [-0.25, -0.2) is 4.98 Å². The van der Waals surface area contributed by atoms with Crippen molar-refractivity contribution in [2.45, 2.75) is 32.4 Å². The summed E-state index contributed by atoms with van der Waals surface area (Å²) < 4.78 is 16.4. The van der Waals surface area contributed by atoms with Crippen molar-refractivity contribution in [3.8, 4) is 5.88 Å². The van der Waals surface area contributed by atoms with Crippen LogP contribution in [-0.2, 0) is 11.3 Å². The molecule has 2 aromatic rings. The van der Waals surface area contributed by atoms with E-state index in [4.69, 9.17) is 13.9 Å². The monoisotopic (exact) mass is 330 g/mol. The van der Waals surface area contributed by atoms with Crippen LogP contribution in [0.2, 0.25) is 0 Å². The molecule has 0 radical (unpaired) electrons. The molecule has 3 rings (SSSR count). The molecule has 0 aliphatic carbocycles. The van der Waals surface area contributed by atoms with Crippen molar-refractivity contribution in [1.82, 2.24) is 9.88 Å². The molecule has 128 valence electrons. The summed E-state index contributed by atoms with van der Waals surface area (Å²) in [6, 6.07) is 7.25. The fourth-order valence-corrected chi connectivity index (χ4v) is 2.87. The first-order valence-electron chi connectivity index (χ1n) is 8.12. The molecule has 0 bridgehead atoms. The second-order valence-corrected chi connectivity index (χ2v) is 5.91. The lowest BCUT2D eigenvalue weighted by atomic mass is 10.1.